The van der Waals surface area contributed by atoms with Crippen LogP contribution < -0.4 is 15.6 Å². The van der Waals surface area contributed by atoms with Crippen LogP contribution in [-0.2, 0) is 6.61 Å². The summed E-state index contributed by atoms with van der Waals surface area (Å²) in [6.45, 7) is 2.01. The van der Waals surface area contributed by atoms with Crippen molar-refractivity contribution in [3.05, 3.63) is 112 Å². The quantitative estimate of drug-likeness (QED) is 0.464. The fourth-order valence-electron chi connectivity index (χ4n) is 3.29. The molecule has 0 atom stereocenters. The second-order valence-electron chi connectivity index (χ2n) is 7.40. The van der Waals surface area contributed by atoms with Gasteiger partial charge in [0, 0.05) is 28.6 Å². The molecular weight excluding hydrogens is 416 g/mol. The van der Waals surface area contributed by atoms with Crippen molar-refractivity contribution in [2.75, 3.05) is 5.32 Å². The van der Waals surface area contributed by atoms with Crippen LogP contribution in [-0.4, -0.2) is 15.9 Å². The molecule has 33 heavy (non-hydrogen) atoms. The summed E-state index contributed by atoms with van der Waals surface area (Å²) in [4.78, 5) is 31.6. The van der Waals surface area contributed by atoms with E-state index in [2.05, 4.69) is 21.4 Å². The number of nitrogens with zero attached hydrogens (tertiary/aromatic N) is 2. The van der Waals surface area contributed by atoms with Gasteiger partial charge in [-0.15, -0.1) is 0 Å². The Morgan fingerprint density at radius 1 is 1.06 bits per heavy atom. The number of amides is 1. The van der Waals surface area contributed by atoms with E-state index in [0.717, 1.165) is 5.56 Å². The summed E-state index contributed by atoms with van der Waals surface area (Å²) in [6, 6.07) is 24.7. The molecule has 0 saturated heterocycles. The van der Waals surface area contributed by atoms with Gasteiger partial charge >= 0.3 is 0 Å². The first-order valence-electron chi connectivity index (χ1n) is 10.2. The molecule has 0 fully saturated rings. The molecule has 0 unspecified atom stereocenters. The van der Waals surface area contributed by atoms with Crippen molar-refractivity contribution in [3.63, 3.8) is 0 Å². The van der Waals surface area contributed by atoms with Gasteiger partial charge in [0.25, 0.3) is 11.5 Å². The molecule has 4 aromatic rings. The van der Waals surface area contributed by atoms with Gasteiger partial charge in [-0.3, -0.25) is 9.59 Å². The fraction of sp³-hybridized carbons (Fsp3) is 0.0769. The second kappa shape index (κ2) is 9.62. The van der Waals surface area contributed by atoms with Crippen LogP contribution in [0.4, 0.5) is 5.69 Å². The Labute approximate surface area is 190 Å². The maximum atomic E-state index is 12.8. The van der Waals surface area contributed by atoms with Crippen molar-refractivity contribution >= 4 is 11.6 Å². The lowest BCUT2D eigenvalue weighted by Gasteiger charge is -2.10. The molecule has 0 spiro atoms. The summed E-state index contributed by atoms with van der Waals surface area (Å²) in [5, 5.41) is 11.9. The number of aromatic amines is 1. The van der Waals surface area contributed by atoms with E-state index in [1.807, 2.05) is 12.1 Å². The van der Waals surface area contributed by atoms with Crippen LogP contribution in [0, 0.1) is 18.3 Å². The maximum Gasteiger partial charge on any atom is 0.255 e. The van der Waals surface area contributed by atoms with Crippen molar-refractivity contribution < 1.29 is 9.53 Å². The summed E-state index contributed by atoms with van der Waals surface area (Å²) in [6.07, 6.45) is 0. The highest BCUT2D eigenvalue weighted by Crippen LogP contribution is 2.20. The van der Waals surface area contributed by atoms with Crippen molar-refractivity contribution in [1.29, 1.82) is 5.26 Å². The molecule has 0 radical (unpaired) electrons. The lowest BCUT2D eigenvalue weighted by molar-refractivity contribution is 0.102. The topological polar surface area (TPSA) is 108 Å². The summed E-state index contributed by atoms with van der Waals surface area (Å²) in [7, 11) is 0. The predicted octanol–water partition coefficient (Wildman–Crippen LogP) is 4.45. The number of hydrogen-bond donors (Lipinski definition) is 2. The van der Waals surface area contributed by atoms with E-state index in [-0.39, 0.29) is 18.1 Å². The second-order valence-corrected chi connectivity index (χ2v) is 7.40. The van der Waals surface area contributed by atoms with Crippen molar-refractivity contribution in [2.24, 2.45) is 0 Å². The molecule has 3 aromatic carbocycles. The van der Waals surface area contributed by atoms with E-state index in [4.69, 9.17) is 10.00 Å². The van der Waals surface area contributed by atoms with Gasteiger partial charge < -0.3 is 15.0 Å². The third-order valence-corrected chi connectivity index (χ3v) is 4.82. The molecule has 1 aromatic heterocycles. The summed E-state index contributed by atoms with van der Waals surface area (Å²) < 4.78 is 5.75. The van der Waals surface area contributed by atoms with E-state index in [9.17, 15) is 9.59 Å². The molecule has 1 amide bonds. The Balaban J connectivity index is 1.47. The van der Waals surface area contributed by atoms with Gasteiger partial charge in [0.2, 0.25) is 0 Å². The number of aromatic nitrogens is 2. The monoisotopic (exact) mass is 436 g/mol. The molecule has 0 bridgehead atoms. The van der Waals surface area contributed by atoms with Crippen molar-refractivity contribution in [2.45, 2.75) is 13.5 Å². The number of carbonyl (C=O) groups is 1. The number of ether oxygens (including phenoxy) is 1. The highest BCUT2D eigenvalue weighted by molar-refractivity contribution is 6.04. The molecular formula is C26H20N4O3. The third-order valence-electron chi connectivity index (χ3n) is 4.82. The highest BCUT2D eigenvalue weighted by atomic mass is 16.5. The summed E-state index contributed by atoms with van der Waals surface area (Å²) in [5.74, 6) is 0.755. The van der Waals surface area contributed by atoms with Crippen LogP contribution in [0.2, 0.25) is 0 Å². The van der Waals surface area contributed by atoms with Crippen LogP contribution in [0.3, 0.4) is 0 Å². The lowest BCUT2D eigenvalue weighted by Crippen LogP contribution is -2.13. The average molecular weight is 436 g/mol. The molecule has 0 saturated carbocycles. The van der Waals surface area contributed by atoms with Crippen LogP contribution in [0.1, 0.15) is 27.2 Å². The zero-order valence-corrected chi connectivity index (χ0v) is 17.8. The van der Waals surface area contributed by atoms with Gasteiger partial charge in [0.1, 0.15) is 18.2 Å². The molecule has 7 heteroatoms. The van der Waals surface area contributed by atoms with Gasteiger partial charge in [-0.25, -0.2) is 4.98 Å². The van der Waals surface area contributed by atoms with Crippen molar-refractivity contribution in [3.8, 4) is 23.2 Å². The van der Waals surface area contributed by atoms with E-state index < -0.39 is 0 Å². The molecule has 162 valence electrons. The highest BCUT2D eigenvalue weighted by Gasteiger charge is 2.09. The van der Waals surface area contributed by atoms with Crippen LogP contribution in [0.25, 0.3) is 11.4 Å². The standard InChI is InChI=1S/C26H20N4O3/c1-17-11-24(31)30-25(28-17)20-7-4-9-22(14-20)29-26(32)21-8-2-6-19(12-21)16-33-23-10-3-5-18(13-23)15-27/h2-14H,16H2,1H3,(H,29,32)(H,28,30,31). The average Bonchev–Trinajstić information content (AvgIpc) is 2.82. The minimum absolute atomic E-state index is 0.231. The molecule has 4 rings (SSSR count). The first-order valence-corrected chi connectivity index (χ1v) is 10.2. The van der Waals surface area contributed by atoms with Gasteiger partial charge in [0.15, 0.2) is 0 Å². The van der Waals surface area contributed by atoms with Gasteiger partial charge in [-0.1, -0.05) is 30.3 Å². The Kier molecular flexibility index (Phi) is 6.28. The molecule has 7 nitrogen and oxygen atoms in total. The minimum atomic E-state index is -0.272. The third kappa shape index (κ3) is 5.51. The number of carbonyl (C=O) groups excluding carboxylic acids is 1. The zero-order chi connectivity index (χ0) is 23.2. The van der Waals surface area contributed by atoms with E-state index >= 15 is 0 Å². The van der Waals surface area contributed by atoms with Gasteiger partial charge in [-0.05, 0) is 55.0 Å². The minimum Gasteiger partial charge on any atom is -0.489 e. The molecule has 0 aliphatic heterocycles. The summed E-state index contributed by atoms with van der Waals surface area (Å²) >= 11 is 0. The largest absolute Gasteiger partial charge is 0.489 e. The number of benzene rings is 3. The van der Waals surface area contributed by atoms with Gasteiger partial charge in [0.05, 0.1) is 11.6 Å². The predicted molar refractivity (Wildman–Crippen MR) is 125 cm³/mol. The fourth-order valence-corrected chi connectivity index (χ4v) is 3.29. The smallest absolute Gasteiger partial charge is 0.255 e. The zero-order valence-electron chi connectivity index (χ0n) is 17.8. The number of aryl methyl sites for hydroxylation is 1. The number of anilines is 1. The van der Waals surface area contributed by atoms with Gasteiger partial charge in [-0.2, -0.15) is 5.26 Å². The van der Waals surface area contributed by atoms with Crippen molar-refractivity contribution in [1.82, 2.24) is 9.97 Å². The number of H-pyrrole nitrogens is 1. The first kappa shape index (κ1) is 21.5. The van der Waals surface area contributed by atoms with Crippen LogP contribution >= 0.6 is 0 Å². The first-order chi connectivity index (χ1) is 16.0. The number of nitrogens with one attached hydrogen (secondary N) is 2. The van der Waals surface area contributed by atoms with E-state index in [1.165, 1.54) is 6.07 Å². The van der Waals surface area contributed by atoms with Crippen LogP contribution in [0.15, 0.2) is 83.7 Å². The molecule has 2 N–H and O–H groups in total. The van der Waals surface area contributed by atoms with Crippen LogP contribution in [0.5, 0.6) is 5.75 Å². The summed E-state index contributed by atoms with van der Waals surface area (Å²) in [5.41, 5.74) is 3.47. The lowest BCUT2D eigenvalue weighted by atomic mass is 10.1. The van der Waals surface area contributed by atoms with E-state index in [1.54, 1.807) is 67.6 Å². The molecule has 1 heterocycles. The Bertz CT molecular complexity index is 1420. The number of hydrogen-bond acceptors (Lipinski definition) is 5. The van der Waals surface area contributed by atoms with E-state index in [0.29, 0.717) is 39.6 Å². The Morgan fingerprint density at radius 3 is 2.70 bits per heavy atom. The normalized spacial score (nSPS) is 10.3. The SMILES string of the molecule is Cc1cc(=O)[nH]c(-c2cccc(NC(=O)c3cccc(COc4cccc(C#N)c4)c3)c2)n1. The molecule has 0 aliphatic carbocycles. The Hall–Kier alpha value is -4.70. The number of rotatable bonds is 6. The Morgan fingerprint density at radius 2 is 1.88 bits per heavy atom. The number of nitriles is 1. The maximum absolute atomic E-state index is 12.8. The molecule has 0 aliphatic rings.